The summed E-state index contributed by atoms with van der Waals surface area (Å²) in [7, 11) is 3.03. The number of carbonyl (C=O) groups excluding carboxylic acids is 3. The molecule has 2 aromatic carbocycles. The van der Waals surface area contributed by atoms with Crippen LogP contribution < -0.4 is 20.1 Å². The Hall–Kier alpha value is -3.35. The van der Waals surface area contributed by atoms with E-state index < -0.39 is 17.2 Å². The Labute approximate surface area is 163 Å². The van der Waals surface area contributed by atoms with E-state index in [0.29, 0.717) is 41.3 Å². The normalized spacial score (nSPS) is 14.0. The largest absolute Gasteiger partial charge is 0.497 e. The first-order valence-corrected chi connectivity index (χ1v) is 8.85. The molecule has 2 amide bonds. The van der Waals surface area contributed by atoms with Crippen molar-refractivity contribution < 1.29 is 23.9 Å². The van der Waals surface area contributed by atoms with E-state index in [2.05, 4.69) is 10.6 Å². The molecular formula is C21H22N2O5. The van der Waals surface area contributed by atoms with E-state index in [1.54, 1.807) is 42.5 Å². The molecule has 0 bridgehead atoms. The van der Waals surface area contributed by atoms with E-state index in [9.17, 15) is 14.4 Å². The van der Waals surface area contributed by atoms with Crippen LogP contribution in [0.1, 0.15) is 30.1 Å². The summed E-state index contributed by atoms with van der Waals surface area (Å²) in [5, 5.41) is 5.53. The van der Waals surface area contributed by atoms with Crippen molar-refractivity contribution >= 4 is 29.0 Å². The van der Waals surface area contributed by atoms with Gasteiger partial charge in [0.1, 0.15) is 16.9 Å². The first-order valence-electron chi connectivity index (χ1n) is 8.85. The van der Waals surface area contributed by atoms with Gasteiger partial charge in [-0.3, -0.25) is 14.4 Å². The summed E-state index contributed by atoms with van der Waals surface area (Å²) in [4.78, 5) is 37.1. The summed E-state index contributed by atoms with van der Waals surface area (Å²) < 4.78 is 10.4. The number of ketones is 1. The Morgan fingerprint density at radius 3 is 2.25 bits per heavy atom. The van der Waals surface area contributed by atoms with Gasteiger partial charge >= 0.3 is 0 Å². The fourth-order valence-electron chi connectivity index (χ4n) is 2.89. The van der Waals surface area contributed by atoms with E-state index in [4.69, 9.17) is 9.47 Å². The predicted molar refractivity (Wildman–Crippen MR) is 105 cm³/mol. The van der Waals surface area contributed by atoms with Crippen LogP contribution >= 0.6 is 0 Å². The van der Waals surface area contributed by atoms with Crippen LogP contribution in [-0.2, 0) is 9.59 Å². The van der Waals surface area contributed by atoms with Crippen LogP contribution in [0.15, 0.2) is 42.5 Å². The summed E-state index contributed by atoms with van der Waals surface area (Å²) in [6, 6.07) is 11.7. The number of benzene rings is 2. The minimum Gasteiger partial charge on any atom is -0.497 e. The number of carbonyl (C=O) groups is 3. The number of hydrogen-bond acceptors (Lipinski definition) is 5. The molecule has 0 saturated heterocycles. The van der Waals surface area contributed by atoms with Crippen LogP contribution in [0.25, 0.3) is 0 Å². The van der Waals surface area contributed by atoms with Crippen LogP contribution in [0, 0.1) is 5.41 Å². The van der Waals surface area contributed by atoms with Crippen molar-refractivity contribution in [2.45, 2.75) is 19.8 Å². The molecule has 0 unspecified atom stereocenters. The molecule has 0 atom stereocenters. The second kappa shape index (κ2) is 7.72. The first kappa shape index (κ1) is 19.4. The highest BCUT2D eigenvalue weighted by atomic mass is 16.5. The monoisotopic (exact) mass is 382 g/mol. The molecule has 7 heteroatoms. The number of nitrogens with one attached hydrogen (secondary N) is 2. The molecule has 1 saturated carbocycles. The summed E-state index contributed by atoms with van der Waals surface area (Å²) >= 11 is 0. The molecule has 0 spiro atoms. The molecule has 0 radical (unpaired) electrons. The van der Waals surface area contributed by atoms with E-state index in [0.717, 1.165) is 0 Å². The lowest BCUT2D eigenvalue weighted by molar-refractivity contribution is -0.131. The number of ether oxygens (including phenoxy) is 2. The Kier molecular flexibility index (Phi) is 5.35. The lowest BCUT2D eigenvalue weighted by Crippen LogP contribution is -2.35. The summed E-state index contributed by atoms with van der Waals surface area (Å²) in [6.07, 6.45) is 0.908. The van der Waals surface area contributed by atoms with Crippen molar-refractivity contribution in [3.63, 3.8) is 0 Å². The Morgan fingerprint density at radius 2 is 1.64 bits per heavy atom. The SMILES string of the molecule is COc1ccc(NC(=O)C2(C(=O)Nc3cccc(C(C)=O)c3)CC2)c(OC)c1. The van der Waals surface area contributed by atoms with Crippen LogP contribution in [0.2, 0.25) is 0 Å². The smallest absolute Gasteiger partial charge is 0.240 e. The molecule has 0 heterocycles. The van der Waals surface area contributed by atoms with Crippen molar-refractivity contribution in [2.24, 2.45) is 5.41 Å². The van der Waals surface area contributed by atoms with Gasteiger partial charge in [-0.25, -0.2) is 0 Å². The zero-order chi connectivity index (χ0) is 20.3. The maximum Gasteiger partial charge on any atom is 0.240 e. The van der Waals surface area contributed by atoms with Crippen molar-refractivity contribution in [3.05, 3.63) is 48.0 Å². The van der Waals surface area contributed by atoms with Gasteiger partial charge in [0, 0.05) is 17.3 Å². The van der Waals surface area contributed by atoms with Gasteiger partial charge in [-0.15, -0.1) is 0 Å². The van der Waals surface area contributed by atoms with E-state index >= 15 is 0 Å². The zero-order valence-corrected chi connectivity index (χ0v) is 16.0. The van der Waals surface area contributed by atoms with Crippen molar-refractivity contribution in [3.8, 4) is 11.5 Å². The molecule has 1 aliphatic rings. The fraction of sp³-hybridized carbons (Fsp3) is 0.286. The molecule has 146 valence electrons. The van der Waals surface area contributed by atoms with Gasteiger partial charge in [-0.2, -0.15) is 0 Å². The molecule has 2 N–H and O–H groups in total. The Bertz CT molecular complexity index is 934. The van der Waals surface area contributed by atoms with Crippen molar-refractivity contribution in [1.29, 1.82) is 0 Å². The summed E-state index contributed by atoms with van der Waals surface area (Å²) in [6.45, 7) is 1.46. The summed E-state index contributed by atoms with van der Waals surface area (Å²) in [5.74, 6) is 0.160. The van der Waals surface area contributed by atoms with Crippen LogP contribution in [0.5, 0.6) is 11.5 Å². The zero-order valence-electron chi connectivity index (χ0n) is 16.0. The molecule has 28 heavy (non-hydrogen) atoms. The quantitative estimate of drug-likeness (QED) is 0.566. The lowest BCUT2D eigenvalue weighted by Gasteiger charge is -2.17. The van der Waals surface area contributed by atoms with Gasteiger partial charge in [-0.05, 0) is 44.0 Å². The van der Waals surface area contributed by atoms with Gasteiger partial charge < -0.3 is 20.1 Å². The molecule has 1 aliphatic carbocycles. The average Bonchev–Trinajstić information content (AvgIpc) is 3.50. The minimum atomic E-state index is -1.13. The summed E-state index contributed by atoms with van der Waals surface area (Å²) in [5.41, 5.74) is 0.316. The molecule has 7 nitrogen and oxygen atoms in total. The third kappa shape index (κ3) is 3.83. The Morgan fingerprint density at radius 1 is 0.929 bits per heavy atom. The number of methoxy groups -OCH3 is 2. The number of anilines is 2. The third-order valence-corrected chi connectivity index (χ3v) is 4.80. The molecule has 1 fully saturated rings. The maximum atomic E-state index is 12.8. The van der Waals surface area contributed by atoms with Gasteiger partial charge in [0.15, 0.2) is 5.78 Å². The number of Topliss-reactive ketones (excluding diaryl/α,β-unsaturated/α-hetero) is 1. The second-order valence-corrected chi connectivity index (χ2v) is 6.69. The molecule has 0 aliphatic heterocycles. The van der Waals surface area contributed by atoms with Crippen LogP contribution in [-0.4, -0.2) is 31.8 Å². The van der Waals surface area contributed by atoms with Gasteiger partial charge in [0.2, 0.25) is 11.8 Å². The average molecular weight is 382 g/mol. The topological polar surface area (TPSA) is 93.7 Å². The number of amides is 2. The van der Waals surface area contributed by atoms with Crippen molar-refractivity contribution in [1.82, 2.24) is 0 Å². The van der Waals surface area contributed by atoms with E-state index in [-0.39, 0.29) is 5.78 Å². The first-order chi connectivity index (χ1) is 13.4. The van der Waals surface area contributed by atoms with Crippen LogP contribution in [0.4, 0.5) is 11.4 Å². The fourth-order valence-corrected chi connectivity index (χ4v) is 2.89. The number of hydrogen-bond donors (Lipinski definition) is 2. The highest BCUT2D eigenvalue weighted by molar-refractivity contribution is 6.17. The molecule has 0 aromatic heterocycles. The van der Waals surface area contributed by atoms with Gasteiger partial charge in [0.05, 0.1) is 19.9 Å². The Balaban J connectivity index is 1.74. The highest BCUT2D eigenvalue weighted by Gasteiger charge is 2.56. The molecular weight excluding hydrogens is 360 g/mol. The maximum absolute atomic E-state index is 12.8. The lowest BCUT2D eigenvalue weighted by atomic mass is 10.0. The minimum absolute atomic E-state index is 0.0958. The van der Waals surface area contributed by atoms with Gasteiger partial charge in [-0.1, -0.05) is 12.1 Å². The van der Waals surface area contributed by atoms with Crippen molar-refractivity contribution in [2.75, 3.05) is 24.9 Å². The van der Waals surface area contributed by atoms with E-state index in [1.165, 1.54) is 21.1 Å². The number of rotatable bonds is 7. The molecule has 3 rings (SSSR count). The molecule has 2 aromatic rings. The highest BCUT2D eigenvalue weighted by Crippen LogP contribution is 2.48. The van der Waals surface area contributed by atoms with Crippen LogP contribution in [0.3, 0.4) is 0 Å². The standard InChI is InChI=1S/C21H22N2O5/c1-13(24)14-5-4-6-15(11-14)22-19(25)21(9-10-21)20(26)23-17-8-7-16(27-2)12-18(17)28-3/h4-8,11-12H,9-10H2,1-3H3,(H,22,25)(H,23,26). The second-order valence-electron chi connectivity index (χ2n) is 6.69. The third-order valence-electron chi connectivity index (χ3n) is 4.80. The van der Waals surface area contributed by atoms with E-state index in [1.807, 2.05) is 0 Å². The van der Waals surface area contributed by atoms with Gasteiger partial charge in [0.25, 0.3) is 0 Å². The predicted octanol–water partition coefficient (Wildman–Crippen LogP) is 3.26.